The van der Waals surface area contributed by atoms with Crippen LogP contribution in [0, 0.1) is 13.8 Å². The van der Waals surface area contributed by atoms with Crippen molar-refractivity contribution >= 4 is 98.6 Å². The number of nitrogens with zero attached hydrogens (tertiary/aromatic N) is 2. The fourth-order valence-electron chi connectivity index (χ4n) is 4.87. The number of anilines is 3. The number of para-hydroxylation sites is 1. The van der Waals surface area contributed by atoms with E-state index in [1.54, 1.807) is 31.3 Å². The first kappa shape index (κ1) is 34.7. The maximum absolute atomic E-state index is 14.1. The number of carbonyl (C=O) groups is 2. The Balaban J connectivity index is 1.48. The van der Waals surface area contributed by atoms with Gasteiger partial charge in [-0.2, -0.15) is 0 Å². The van der Waals surface area contributed by atoms with Gasteiger partial charge in [0, 0.05) is 22.7 Å². The van der Waals surface area contributed by atoms with Gasteiger partial charge < -0.3 is 15.4 Å². The van der Waals surface area contributed by atoms with E-state index in [0.29, 0.717) is 38.5 Å². The first-order valence-electron chi connectivity index (χ1n) is 14.6. The zero-order valence-corrected chi connectivity index (χ0v) is 29.7. The molecule has 1 aliphatic rings. The summed E-state index contributed by atoms with van der Waals surface area (Å²) in [5, 5.41) is 7.46. The molecule has 0 bridgehead atoms. The lowest BCUT2D eigenvalue weighted by molar-refractivity contribution is -0.122. The first-order chi connectivity index (χ1) is 22.5. The van der Waals surface area contributed by atoms with Gasteiger partial charge in [-0.15, -0.1) is 11.8 Å². The molecule has 4 aromatic carbocycles. The second-order valence-electron chi connectivity index (χ2n) is 10.7. The van der Waals surface area contributed by atoms with E-state index < -0.39 is 17.3 Å². The van der Waals surface area contributed by atoms with Crippen LogP contribution in [-0.2, 0) is 9.59 Å². The number of benzene rings is 4. The molecule has 0 aromatic heterocycles. The molecule has 2 atom stereocenters. The van der Waals surface area contributed by atoms with Crippen molar-refractivity contribution in [1.82, 2.24) is 5.43 Å². The fraction of sp³-hybridized carbons (Fsp3) is 0.206. The summed E-state index contributed by atoms with van der Waals surface area (Å²) in [5.41, 5.74) is 7.08. The molecule has 3 N–H and O–H groups in total. The smallest absolute Gasteiger partial charge is 0.267 e. The van der Waals surface area contributed by atoms with Crippen LogP contribution in [0.5, 0.6) is 5.75 Å². The number of carbonyl (C=O) groups excluding carboxylic acids is 2. The summed E-state index contributed by atoms with van der Waals surface area (Å²) in [5.74, 6) is 0.209. The second kappa shape index (κ2) is 15.1. The molecule has 4 aromatic rings. The van der Waals surface area contributed by atoms with Crippen molar-refractivity contribution in [1.29, 1.82) is 0 Å². The summed E-state index contributed by atoms with van der Waals surface area (Å²) in [7, 11) is 1.78. The molecule has 0 saturated carbocycles. The molecule has 47 heavy (non-hydrogen) atoms. The van der Waals surface area contributed by atoms with Crippen molar-refractivity contribution in [3.8, 4) is 5.75 Å². The molecule has 1 fully saturated rings. The predicted octanol–water partition coefficient (Wildman–Crippen LogP) is 9.50. The minimum atomic E-state index is -0.904. The number of nitrogens with one attached hydrogen (secondary N) is 3. The standard InChI is InChI=1S/C34H31Cl4N5O3S/c1-5-27(46-28-13-10-18(2)14-19(28)3)33(44)41-25-8-6-7-9-29(25)47-31-32(40-26-17-21(39-4)11-12-22(26)36)42-43(34(31)45)30-23(37)15-20(35)16-24(30)38/h6-17,27,31,39H,5H2,1-4H3,(H,40,42)(H,41,44). The lowest BCUT2D eigenvalue weighted by Gasteiger charge is -2.20. The summed E-state index contributed by atoms with van der Waals surface area (Å²) in [6.45, 7) is 5.83. The summed E-state index contributed by atoms with van der Waals surface area (Å²) in [6.07, 6.45) is -0.298. The van der Waals surface area contributed by atoms with Crippen LogP contribution in [0.4, 0.5) is 22.7 Å². The second-order valence-corrected chi connectivity index (χ2v) is 13.5. The van der Waals surface area contributed by atoms with E-state index >= 15 is 0 Å². The van der Waals surface area contributed by atoms with Gasteiger partial charge in [-0.1, -0.05) is 83.2 Å². The number of amidine groups is 1. The van der Waals surface area contributed by atoms with Gasteiger partial charge in [-0.05, 0) is 74.4 Å². The number of halogens is 4. The monoisotopic (exact) mass is 729 g/mol. The molecule has 5 rings (SSSR count). The van der Waals surface area contributed by atoms with Crippen molar-refractivity contribution in [2.75, 3.05) is 22.7 Å². The van der Waals surface area contributed by atoms with Gasteiger partial charge >= 0.3 is 0 Å². The Hall–Kier alpha value is -3.60. The molecular weight excluding hydrogens is 700 g/mol. The number of hydrogen-bond donors (Lipinski definition) is 3. The van der Waals surface area contributed by atoms with E-state index in [-0.39, 0.29) is 27.5 Å². The van der Waals surface area contributed by atoms with Crippen molar-refractivity contribution in [2.45, 2.75) is 43.4 Å². The number of aliphatic imine (C=N–C) groups is 1. The normalized spacial score (nSPS) is 15.8. The highest BCUT2D eigenvalue weighted by molar-refractivity contribution is 8.01. The molecular formula is C34H31Cl4N5O3S. The third-order valence-corrected chi connectivity index (χ3v) is 9.64. The van der Waals surface area contributed by atoms with Crippen LogP contribution < -0.4 is 25.8 Å². The van der Waals surface area contributed by atoms with E-state index in [1.807, 2.05) is 57.2 Å². The highest BCUT2D eigenvalue weighted by Gasteiger charge is 2.41. The Bertz CT molecular complexity index is 1850. The highest BCUT2D eigenvalue weighted by atomic mass is 35.5. The van der Waals surface area contributed by atoms with Gasteiger partial charge in [0.15, 0.2) is 6.10 Å². The van der Waals surface area contributed by atoms with Crippen LogP contribution in [0.3, 0.4) is 0 Å². The zero-order chi connectivity index (χ0) is 33.8. The Morgan fingerprint density at radius 1 is 1.00 bits per heavy atom. The number of hydrogen-bond acceptors (Lipinski definition) is 6. The Kier molecular flexibility index (Phi) is 11.1. The minimum absolute atomic E-state index is 0.172. The van der Waals surface area contributed by atoms with E-state index in [9.17, 15) is 9.59 Å². The van der Waals surface area contributed by atoms with Crippen molar-refractivity contribution in [3.63, 3.8) is 0 Å². The highest BCUT2D eigenvalue weighted by Crippen LogP contribution is 2.41. The third-order valence-electron chi connectivity index (χ3n) is 7.25. The molecule has 244 valence electrons. The summed E-state index contributed by atoms with van der Waals surface area (Å²) in [6, 6.07) is 21.3. The summed E-state index contributed by atoms with van der Waals surface area (Å²) < 4.78 is 6.12. The molecule has 8 nitrogen and oxygen atoms in total. The lowest BCUT2D eigenvalue weighted by Crippen LogP contribution is -2.36. The molecule has 13 heteroatoms. The quantitative estimate of drug-likeness (QED) is 0.151. The average Bonchev–Trinajstić information content (AvgIpc) is 3.31. The van der Waals surface area contributed by atoms with Crippen molar-refractivity contribution in [3.05, 3.63) is 104 Å². The largest absolute Gasteiger partial charge is 0.480 e. The first-order valence-corrected chi connectivity index (χ1v) is 17.0. The maximum Gasteiger partial charge on any atom is 0.267 e. The van der Waals surface area contributed by atoms with Crippen LogP contribution in [0.2, 0.25) is 20.1 Å². The van der Waals surface area contributed by atoms with E-state index in [4.69, 9.17) is 56.1 Å². The van der Waals surface area contributed by atoms with Crippen LogP contribution in [0.1, 0.15) is 24.5 Å². The van der Waals surface area contributed by atoms with Gasteiger partial charge in [0.2, 0.25) is 0 Å². The topological polar surface area (TPSA) is 95.1 Å². The van der Waals surface area contributed by atoms with Crippen LogP contribution in [0.25, 0.3) is 0 Å². The Morgan fingerprint density at radius 2 is 1.72 bits per heavy atom. The van der Waals surface area contributed by atoms with Gasteiger partial charge in [-0.3, -0.25) is 15.0 Å². The summed E-state index contributed by atoms with van der Waals surface area (Å²) >= 11 is 26.9. The molecule has 1 saturated heterocycles. The predicted molar refractivity (Wildman–Crippen MR) is 196 cm³/mol. The SMILES string of the molecule is CCC(Oc1ccc(C)cc1C)C(=O)Nc1ccccc1SC1C(=O)N(c2c(Cl)cc(Cl)cc2Cl)NC1=Nc1cc(NC)ccc1Cl. The van der Waals surface area contributed by atoms with E-state index in [2.05, 4.69) is 16.1 Å². The van der Waals surface area contributed by atoms with Crippen molar-refractivity contribution in [2.24, 2.45) is 4.99 Å². The lowest BCUT2D eigenvalue weighted by atomic mass is 10.1. The minimum Gasteiger partial charge on any atom is -0.480 e. The van der Waals surface area contributed by atoms with Gasteiger partial charge in [0.05, 0.1) is 26.4 Å². The molecule has 2 unspecified atom stereocenters. The fourth-order valence-corrected chi connectivity index (χ4v) is 7.10. The molecule has 0 radical (unpaired) electrons. The van der Waals surface area contributed by atoms with Crippen LogP contribution in [-0.4, -0.2) is 36.1 Å². The molecule has 1 heterocycles. The zero-order valence-electron chi connectivity index (χ0n) is 25.8. The number of hydrazine groups is 1. The van der Waals surface area contributed by atoms with Gasteiger partial charge in [-0.25, -0.2) is 10.0 Å². The van der Waals surface area contributed by atoms with E-state index in [0.717, 1.165) is 16.8 Å². The van der Waals surface area contributed by atoms with E-state index in [1.165, 1.54) is 28.9 Å². The number of amides is 2. The number of ether oxygens (including phenoxy) is 1. The third kappa shape index (κ3) is 7.93. The summed E-state index contributed by atoms with van der Waals surface area (Å²) in [4.78, 5) is 33.0. The van der Waals surface area contributed by atoms with Crippen LogP contribution >= 0.6 is 58.2 Å². The number of aryl methyl sites for hydroxylation is 2. The number of rotatable bonds is 10. The van der Waals surface area contributed by atoms with Gasteiger partial charge in [0.25, 0.3) is 11.8 Å². The number of thioether (sulfide) groups is 1. The maximum atomic E-state index is 14.1. The molecule has 1 aliphatic heterocycles. The Morgan fingerprint density at radius 3 is 2.40 bits per heavy atom. The van der Waals surface area contributed by atoms with Crippen molar-refractivity contribution < 1.29 is 14.3 Å². The molecule has 2 amide bonds. The van der Waals surface area contributed by atoms with Crippen LogP contribution in [0.15, 0.2) is 82.7 Å². The molecule has 0 spiro atoms. The Labute approximate surface area is 297 Å². The van der Waals surface area contributed by atoms with Gasteiger partial charge in [0.1, 0.15) is 22.5 Å². The average molecular weight is 732 g/mol. The molecule has 0 aliphatic carbocycles.